The second-order valence-electron chi connectivity index (χ2n) is 15.9. The van der Waals surface area contributed by atoms with Gasteiger partial charge in [0.25, 0.3) is 0 Å². The Labute approximate surface area is 313 Å². The Balaban J connectivity index is 0.00000541. The zero-order chi connectivity index (χ0) is 35.1. The predicted octanol–water partition coefficient (Wildman–Crippen LogP) is 4.37. The van der Waals surface area contributed by atoms with Crippen LogP contribution in [0, 0.1) is 34.0 Å². The highest BCUT2D eigenvalue weighted by molar-refractivity contribution is 8.00. The number of benzene rings is 1. The van der Waals surface area contributed by atoms with Gasteiger partial charge in [0, 0.05) is 51.4 Å². The van der Waals surface area contributed by atoms with Gasteiger partial charge < -0.3 is 38.6 Å². The van der Waals surface area contributed by atoms with Crippen molar-refractivity contribution in [2.24, 2.45) is 34.0 Å². The summed E-state index contributed by atoms with van der Waals surface area (Å²) in [6, 6.07) is 11.6. The predicted molar refractivity (Wildman–Crippen MR) is 187 cm³/mol. The Hall–Kier alpha value is -2.44. The number of ether oxygens (including phenoxy) is 2. The van der Waals surface area contributed by atoms with Gasteiger partial charge in [0.1, 0.15) is 17.5 Å². The maximum atomic E-state index is 13.6. The number of pyridine rings is 1. The summed E-state index contributed by atoms with van der Waals surface area (Å²) in [6.07, 6.45) is 7.64. The fraction of sp³-hybridized carbons (Fsp3) is 0.590. The number of rotatable bonds is 8. The molecule has 2 bridgehead atoms. The van der Waals surface area contributed by atoms with E-state index in [1.54, 1.807) is 0 Å². The van der Waals surface area contributed by atoms with E-state index in [9.17, 15) is 19.5 Å². The first-order valence-corrected chi connectivity index (χ1v) is 18.2. The number of ketones is 1. The van der Waals surface area contributed by atoms with Crippen molar-refractivity contribution in [3.8, 4) is 0 Å². The number of nitrogens with zero attached hydrogens (tertiary/aromatic N) is 1. The molecule has 2 N–H and O–H groups in total. The van der Waals surface area contributed by atoms with Crippen LogP contribution in [0.3, 0.4) is 0 Å². The monoisotopic (exact) mass is 804 g/mol. The lowest BCUT2D eigenvalue weighted by atomic mass is 9.44. The fourth-order valence-corrected chi connectivity index (χ4v) is 9.53. The van der Waals surface area contributed by atoms with Crippen LogP contribution in [0.4, 0.5) is 10.5 Å². The molecule has 1 heterocycles. The average Bonchev–Trinajstić information content (AvgIpc) is 3.38. The molecule has 0 spiro atoms. The molecule has 1 aromatic carbocycles. The number of hydrogen-bond acceptors (Lipinski definition) is 7. The molecule has 3 aliphatic rings. The molecule has 2 aromatic rings. The summed E-state index contributed by atoms with van der Waals surface area (Å²) in [5.41, 5.74) is -0.377. The Kier molecular flexibility index (Phi) is 12.1. The number of halogens is 1. The van der Waals surface area contributed by atoms with E-state index >= 15 is 0 Å². The molecule has 3 saturated carbocycles. The van der Waals surface area contributed by atoms with Crippen molar-refractivity contribution >= 4 is 35.3 Å². The van der Waals surface area contributed by atoms with Crippen LogP contribution >= 0.6 is 11.8 Å². The summed E-state index contributed by atoms with van der Waals surface area (Å²) in [7, 11) is 0. The van der Waals surface area contributed by atoms with Gasteiger partial charge in [0.2, 0.25) is 0 Å². The number of carbonyl (C=O) groups is 3. The number of thioether (sulfide) groups is 1. The second-order valence-corrected chi connectivity index (χ2v) is 16.9. The van der Waals surface area contributed by atoms with Crippen molar-refractivity contribution in [2.45, 2.75) is 110 Å². The van der Waals surface area contributed by atoms with Crippen LogP contribution in [0.1, 0.15) is 86.1 Å². The van der Waals surface area contributed by atoms with Gasteiger partial charge in [-0.2, -0.15) is 0 Å². The van der Waals surface area contributed by atoms with Gasteiger partial charge in [-0.3, -0.25) is 14.9 Å². The zero-order valence-corrected chi connectivity index (χ0v) is 32.9. The van der Waals surface area contributed by atoms with E-state index in [4.69, 9.17) is 9.47 Å². The number of amides is 1. The number of nitrogens with one attached hydrogen (secondary N) is 1. The Morgan fingerprint density at radius 2 is 1.84 bits per heavy atom. The minimum atomic E-state index is -0.684. The molecular weight excluding hydrogens is 751 g/mol. The number of aliphatic hydroxyl groups excluding tert-OH is 1. The minimum absolute atomic E-state index is 0. The first-order valence-electron chi connectivity index (χ1n) is 17.3. The van der Waals surface area contributed by atoms with Crippen LogP contribution in [0.5, 0.6) is 0 Å². The summed E-state index contributed by atoms with van der Waals surface area (Å²) in [6.45, 7) is 18.7. The van der Waals surface area contributed by atoms with Crippen molar-refractivity contribution in [1.82, 2.24) is 0 Å². The number of carbonyl (C=O) groups excluding carboxylic acids is 3. The summed E-state index contributed by atoms with van der Waals surface area (Å²) in [5, 5.41) is 14.5. The summed E-state index contributed by atoms with van der Waals surface area (Å²) >= 11 is 1.42. The smallest absolute Gasteiger partial charge is 0.412 e. The van der Waals surface area contributed by atoms with Crippen LogP contribution in [0.2, 0.25) is 0 Å². The lowest BCUT2D eigenvalue weighted by Gasteiger charge is -2.61. The van der Waals surface area contributed by atoms with Gasteiger partial charge in [0.15, 0.2) is 18.9 Å². The maximum Gasteiger partial charge on any atom is 0.412 e. The third-order valence-corrected chi connectivity index (χ3v) is 12.7. The normalized spacial score (nSPS) is 32.5. The molecule has 3 fully saturated rings. The molecule has 8 atom stereocenters. The molecule has 10 heteroatoms. The number of Topliss-reactive ketones (excluding diaryl/α,β-unsaturated/α-hetero) is 1. The van der Waals surface area contributed by atoms with E-state index in [1.165, 1.54) is 11.8 Å². The van der Waals surface area contributed by atoms with Gasteiger partial charge in [-0.15, -0.1) is 18.3 Å². The molecule has 3 aliphatic carbocycles. The first kappa shape index (κ1) is 39.3. The van der Waals surface area contributed by atoms with Crippen LogP contribution < -0.4 is 33.9 Å². The standard InChI is InChI=1S/C39H52N2O6S.HI/c1-9-37(7)22-31(38(8)25(2)13-17-39(26(3)34(37)44)18-14-30(42)33(38)39)46-32(43)24-48-29-15-19-41(20-16-29)23-27-11-10-12-28(21-27)40-35(45)47-36(4,5)6;/h9-12,15-16,19-21,25-26,31,33-34,44H,1,13-14,17-18,22-24H2,2-8H3;1H/t25-,26+,31-,33+,34+,37-,38+,39+;/m1./s1. The van der Waals surface area contributed by atoms with E-state index in [1.807, 2.05) is 87.1 Å². The number of hydrogen-bond donors (Lipinski definition) is 2. The molecular formula is C39H53IN2O6S. The first-order chi connectivity index (χ1) is 22.5. The van der Waals surface area contributed by atoms with Crippen molar-refractivity contribution in [3.63, 3.8) is 0 Å². The van der Waals surface area contributed by atoms with E-state index in [-0.39, 0.29) is 64.7 Å². The highest BCUT2D eigenvalue weighted by atomic mass is 127. The fourth-order valence-electron chi connectivity index (χ4n) is 8.86. The largest absolute Gasteiger partial charge is 1.00 e. The average molecular weight is 805 g/mol. The number of esters is 1. The molecule has 0 saturated heterocycles. The Morgan fingerprint density at radius 3 is 2.49 bits per heavy atom. The van der Waals surface area contributed by atoms with Gasteiger partial charge in [-0.1, -0.05) is 45.9 Å². The molecule has 0 unspecified atom stereocenters. The van der Waals surface area contributed by atoms with Crippen molar-refractivity contribution in [1.29, 1.82) is 0 Å². The van der Waals surface area contributed by atoms with Crippen molar-refractivity contribution < 1.29 is 57.5 Å². The Bertz CT molecular complexity index is 1540. The lowest BCUT2D eigenvalue weighted by molar-refractivity contribution is -0.688. The topological polar surface area (TPSA) is 106 Å². The summed E-state index contributed by atoms with van der Waals surface area (Å²) in [4.78, 5) is 40.3. The summed E-state index contributed by atoms with van der Waals surface area (Å²) in [5.74, 6) is -0.0363. The van der Waals surface area contributed by atoms with Crippen molar-refractivity contribution in [3.05, 3.63) is 67.0 Å². The van der Waals surface area contributed by atoms with Gasteiger partial charge in [-0.05, 0) is 75.8 Å². The number of anilines is 1. The SMILES string of the molecule is C=C[C@]1(C)C[C@@H](OC(=O)CSc2cc[n+](Cc3cccc(NC(=O)OC(C)(C)C)c3)cc2)[C@]2(C)[C@H](C)CC[C@]3(CCC(=O)[C@H]32)[C@@H](C)[C@@H]1O.[I-]. The molecule has 8 nitrogen and oxygen atoms in total. The van der Waals surface area contributed by atoms with Crippen LogP contribution in [-0.4, -0.2) is 46.5 Å². The summed E-state index contributed by atoms with van der Waals surface area (Å²) < 4.78 is 13.8. The molecule has 0 radical (unpaired) electrons. The molecule has 5 rings (SSSR count). The number of aromatic nitrogens is 1. The maximum absolute atomic E-state index is 13.6. The third-order valence-electron chi connectivity index (χ3n) is 11.7. The third kappa shape index (κ3) is 8.06. The molecule has 1 aromatic heterocycles. The second kappa shape index (κ2) is 15.0. The van der Waals surface area contributed by atoms with E-state index in [0.29, 0.717) is 25.1 Å². The minimum Gasteiger partial charge on any atom is -1.00 e. The van der Waals surface area contributed by atoms with Crippen molar-refractivity contribution in [2.75, 3.05) is 11.1 Å². The van der Waals surface area contributed by atoms with Gasteiger partial charge in [0.05, 0.1) is 11.9 Å². The van der Waals surface area contributed by atoms with E-state index in [2.05, 4.69) is 32.7 Å². The lowest BCUT2D eigenvalue weighted by Crippen LogP contribution is -3.00. The molecule has 268 valence electrons. The zero-order valence-electron chi connectivity index (χ0n) is 30.0. The molecule has 49 heavy (non-hydrogen) atoms. The molecule has 0 aliphatic heterocycles. The van der Waals surface area contributed by atoms with Crippen LogP contribution in [0.25, 0.3) is 0 Å². The quantitative estimate of drug-likeness (QED) is 0.134. The highest BCUT2D eigenvalue weighted by Crippen LogP contribution is 2.68. The van der Waals surface area contributed by atoms with E-state index in [0.717, 1.165) is 29.7 Å². The molecule has 1 amide bonds. The van der Waals surface area contributed by atoms with E-state index < -0.39 is 34.7 Å². The van der Waals surface area contributed by atoms with Crippen LogP contribution in [-0.2, 0) is 25.6 Å². The highest BCUT2D eigenvalue weighted by Gasteiger charge is 2.68. The van der Waals surface area contributed by atoms with Crippen LogP contribution in [0.15, 0.2) is 66.3 Å². The van der Waals surface area contributed by atoms with Gasteiger partial charge >= 0.3 is 12.1 Å². The number of aliphatic hydroxyl groups is 1. The Morgan fingerprint density at radius 1 is 1.14 bits per heavy atom. The van der Waals surface area contributed by atoms with Gasteiger partial charge in [-0.25, -0.2) is 9.36 Å².